The summed E-state index contributed by atoms with van der Waals surface area (Å²) < 4.78 is 11.4. The Morgan fingerprint density at radius 3 is 2.11 bits per heavy atom. The van der Waals surface area contributed by atoms with Gasteiger partial charge in [-0.15, -0.1) is 0 Å². The molecule has 0 aliphatic rings. The zero-order chi connectivity index (χ0) is 12.9. The van der Waals surface area contributed by atoms with Gasteiger partial charge >= 0.3 is 0 Å². The van der Waals surface area contributed by atoms with Gasteiger partial charge in [0, 0.05) is 16.3 Å². The van der Waals surface area contributed by atoms with E-state index in [1.54, 1.807) is 7.11 Å². The van der Waals surface area contributed by atoms with Crippen LogP contribution >= 0.6 is 0 Å². The van der Waals surface area contributed by atoms with Gasteiger partial charge in [0.1, 0.15) is 16.9 Å². The Kier molecular flexibility index (Phi) is 2.34. The summed E-state index contributed by atoms with van der Waals surface area (Å²) in [5.41, 5.74) is 5.44. The van der Waals surface area contributed by atoms with Crippen molar-refractivity contribution in [1.29, 1.82) is 0 Å². The van der Waals surface area contributed by atoms with Crippen LogP contribution in [0.4, 0.5) is 0 Å². The maximum absolute atomic E-state index is 6.06. The van der Waals surface area contributed by atoms with Gasteiger partial charge in [-0.05, 0) is 44.0 Å². The predicted octanol–water partition coefficient (Wildman–Crippen LogP) is 4.52. The summed E-state index contributed by atoms with van der Waals surface area (Å²) in [6.45, 7) is 6.24. The van der Waals surface area contributed by atoms with E-state index >= 15 is 0 Å². The van der Waals surface area contributed by atoms with Gasteiger partial charge in [-0.3, -0.25) is 0 Å². The first-order chi connectivity index (χ1) is 8.63. The zero-order valence-electron chi connectivity index (χ0n) is 11.1. The molecule has 3 aromatic rings. The summed E-state index contributed by atoms with van der Waals surface area (Å²) in [5.74, 6) is 0.871. The summed E-state index contributed by atoms with van der Waals surface area (Å²) in [6, 6.07) is 8.35. The minimum atomic E-state index is 0.871. The van der Waals surface area contributed by atoms with Gasteiger partial charge < -0.3 is 9.15 Å². The van der Waals surface area contributed by atoms with Crippen molar-refractivity contribution in [2.24, 2.45) is 0 Å². The van der Waals surface area contributed by atoms with Gasteiger partial charge in [-0.1, -0.05) is 12.1 Å². The third-order valence-corrected chi connectivity index (χ3v) is 3.75. The lowest BCUT2D eigenvalue weighted by Gasteiger charge is -2.03. The normalized spacial score (nSPS) is 11.3. The molecule has 2 nitrogen and oxygen atoms in total. The maximum atomic E-state index is 6.06. The molecule has 0 bridgehead atoms. The molecule has 0 saturated carbocycles. The molecule has 0 atom stereocenters. The van der Waals surface area contributed by atoms with Crippen LogP contribution in [-0.2, 0) is 0 Å². The number of hydrogen-bond acceptors (Lipinski definition) is 2. The van der Waals surface area contributed by atoms with E-state index in [1.165, 1.54) is 16.5 Å². The Morgan fingerprint density at radius 1 is 0.833 bits per heavy atom. The number of methoxy groups -OCH3 is 1. The smallest absolute Gasteiger partial charge is 0.142 e. The van der Waals surface area contributed by atoms with Crippen molar-refractivity contribution in [3.8, 4) is 5.75 Å². The first-order valence-electron chi connectivity index (χ1n) is 6.09. The van der Waals surface area contributed by atoms with Gasteiger partial charge in [0.25, 0.3) is 0 Å². The van der Waals surface area contributed by atoms with Crippen LogP contribution in [-0.4, -0.2) is 7.11 Å². The molecule has 1 aromatic heterocycles. The fraction of sp³-hybridized carbons (Fsp3) is 0.250. The molecule has 2 aromatic carbocycles. The molecule has 1 heterocycles. The average Bonchev–Trinajstić information content (AvgIpc) is 2.75. The van der Waals surface area contributed by atoms with Crippen LogP contribution in [0, 0.1) is 20.8 Å². The van der Waals surface area contributed by atoms with Crippen LogP contribution in [0.2, 0.25) is 0 Å². The molecule has 0 amide bonds. The van der Waals surface area contributed by atoms with Crippen molar-refractivity contribution in [2.45, 2.75) is 20.8 Å². The number of benzene rings is 2. The first kappa shape index (κ1) is 11.1. The molecule has 0 spiro atoms. The second kappa shape index (κ2) is 3.77. The van der Waals surface area contributed by atoms with Crippen molar-refractivity contribution in [2.75, 3.05) is 7.11 Å². The Hall–Kier alpha value is -1.96. The largest absolute Gasteiger partial charge is 0.496 e. The highest BCUT2D eigenvalue weighted by Crippen LogP contribution is 2.36. The molecule has 0 saturated heterocycles. The van der Waals surface area contributed by atoms with Crippen molar-refractivity contribution in [1.82, 2.24) is 0 Å². The zero-order valence-corrected chi connectivity index (χ0v) is 11.1. The monoisotopic (exact) mass is 240 g/mol. The van der Waals surface area contributed by atoms with Gasteiger partial charge in [-0.25, -0.2) is 0 Å². The third-order valence-electron chi connectivity index (χ3n) is 3.75. The second-order valence-corrected chi connectivity index (χ2v) is 4.76. The number of ether oxygens (including phenoxy) is 1. The highest BCUT2D eigenvalue weighted by atomic mass is 16.5. The number of rotatable bonds is 1. The quantitative estimate of drug-likeness (QED) is 0.624. The van der Waals surface area contributed by atoms with E-state index in [2.05, 4.69) is 32.0 Å². The molecular weight excluding hydrogens is 224 g/mol. The number of hydrogen-bond donors (Lipinski definition) is 0. The molecular formula is C16H16O2. The van der Waals surface area contributed by atoms with Crippen LogP contribution in [0.15, 0.2) is 28.7 Å². The minimum absolute atomic E-state index is 0.871. The topological polar surface area (TPSA) is 22.4 Å². The van der Waals surface area contributed by atoms with Crippen LogP contribution in [0.1, 0.15) is 16.7 Å². The summed E-state index contributed by atoms with van der Waals surface area (Å²) in [5, 5.41) is 2.34. The predicted molar refractivity (Wildman–Crippen MR) is 74.5 cm³/mol. The van der Waals surface area contributed by atoms with E-state index in [9.17, 15) is 0 Å². The highest BCUT2D eigenvalue weighted by molar-refractivity contribution is 6.07. The van der Waals surface area contributed by atoms with Gasteiger partial charge in [0.05, 0.1) is 7.11 Å². The van der Waals surface area contributed by atoms with E-state index < -0.39 is 0 Å². The lowest BCUT2D eigenvalue weighted by Crippen LogP contribution is -1.86. The Bertz CT molecular complexity index is 751. The summed E-state index contributed by atoms with van der Waals surface area (Å²) in [6.07, 6.45) is 0. The standard InChI is InChI=1S/C16H16O2/c1-9-5-6-12-13-7-8-14(17-4)11(3)16(13)18-15(12)10(9)2/h5-8H,1-4H3. The number of furan rings is 1. The van der Waals surface area contributed by atoms with Gasteiger partial charge in [0.15, 0.2) is 0 Å². The molecule has 0 unspecified atom stereocenters. The Morgan fingerprint density at radius 2 is 1.44 bits per heavy atom. The van der Waals surface area contributed by atoms with Crippen LogP contribution in [0.25, 0.3) is 21.9 Å². The van der Waals surface area contributed by atoms with E-state index in [-0.39, 0.29) is 0 Å². The van der Waals surface area contributed by atoms with Crippen LogP contribution < -0.4 is 4.74 Å². The fourth-order valence-corrected chi connectivity index (χ4v) is 2.47. The lowest BCUT2D eigenvalue weighted by atomic mass is 10.0. The van der Waals surface area contributed by atoms with Crippen molar-refractivity contribution < 1.29 is 9.15 Å². The van der Waals surface area contributed by atoms with E-state index in [4.69, 9.17) is 9.15 Å². The van der Waals surface area contributed by atoms with Crippen molar-refractivity contribution >= 4 is 21.9 Å². The van der Waals surface area contributed by atoms with Crippen LogP contribution in [0.5, 0.6) is 5.75 Å². The molecule has 2 heteroatoms. The molecule has 3 rings (SSSR count). The molecule has 92 valence electrons. The molecule has 18 heavy (non-hydrogen) atoms. The van der Waals surface area contributed by atoms with Gasteiger partial charge in [-0.2, -0.15) is 0 Å². The molecule has 0 fully saturated rings. The highest BCUT2D eigenvalue weighted by Gasteiger charge is 2.14. The maximum Gasteiger partial charge on any atom is 0.142 e. The lowest BCUT2D eigenvalue weighted by molar-refractivity contribution is 0.411. The molecule has 0 aliphatic carbocycles. The van der Waals surface area contributed by atoms with Crippen molar-refractivity contribution in [3.05, 3.63) is 41.0 Å². The second-order valence-electron chi connectivity index (χ2n) is 4.76. The van der Waals surface area contributed by atoms with E-state index in [0.29, 0.717) is 0 Å². The molecule has 0 aliphatic heterocycles. The molecule has 0 N–H and O–H groups in total. The van der Waals surface area contributed by atoms with E-state index in [0.717, 1.165) is 27.9 Å². The minimum Gasteiger partial charge on any atom is -0.496 e. The fourth-order valence-electron chi connectivity index (χ4n) is 2.47. The number of fused-ring (bicyclic) bond motifs is 3. The summed E-state index contributed by atoms with van der Waals surface area (Å²) >= 11 is 0. The third kappa shape index (κ3) is 1.35. The average molecular weight is 240 g/mol. The van der Waals surface area contributed by atoms with Crippen LogP contribution in [0.3, 0.4) is 0 Å². The summed E-state index contributed by atoms with van der Waals surface area (Å²) in [4.78, 5) is 0. The Balaban J connectivity index is 2.50. The van der Waals surface area contributed by atoms with Crippen molar-refractivity contribution in [3.63, 3.8) is 0 Å². The molecule has 0 radical (unpaired) electrons. The SMILES string of the molecule is COc1ccc2c(oc3c(C)c(C)ccc32)c1C. The van der Waals surface area contributed by atoms with E-state index in [1.807, 2.05) is 13.0 Å². The number of aryl methyl sites for hydroxylation is 3. The first-order valence-corrected chi connectivity index (χ1v) is 6.09. The Labute approximate surface area is 106 Å². The van der Waals surface area contributed by atoms with Gasteiger partial charge in [0.2, 0.25) is 0 Å². The summed E-state index contributed by atoms with van der Waals surface area (Å²) in [7, 11) is 1.69.